The molecule has 0 aromatic heterocycles. The number of anilines is 1. The van der Waals surface area contributed by atoms with Gasteiger partial charge >= 0.3 is 0 Å². The van der Waals surface area contributed by atoms with E-state index in [9.17, 15) is 4.79 Å². The lowest BCUT2D eigenvalue weighted by Gasteiger charge is -2.20. The Bertz CT molecular complexity index is 480. The van der Waals surface area contributed by atoms with Crippen LogP contribution in [0.25, 0.3) is 0 Å². The van der Waals surface area contributed by atoms with Crippen LogP contribution in [0.15, 0.2) is 24.3 Å². The lowest BCUT2D eigenvalue weighted by Crippen LogP contribution is -2.36. The second kappa shape index (κ2) is 9.44. The number of aliphatic hydroxyl groups excluding tert-OH is 1. The van der Waals surface area contributed by atoms with Gasteiger partial charge in [-0.2, -0.15) is 0 Å². The molecule has 21 heavy (non-hydrogen) atoms. The minimum atomic E-state index is -0.111. The summed E-state index contributed by atoms with van der Waals surface area (Å²) in [6.07, 6.45) is 2.06. The Balaban J connectivity index is 2.58. The first-order valence-corrected chi connectivity index (χ1v) is 7.50. The number of aliphatic hydroxyl groups is 1. The smallest absolute Gasteiger partial charge is 0.238 e. The maximum absolute atomic E-state index is 12.0. The summed E-state index contributed by atoms with van der Waals surface area (Å²) >= 11 is 4.92. The molecule has 0 spiro atoms. The minimum Gasteiger partial charge on any atom is -0.395 e. The third kappa shape index (κ3) is 6.66. The van der Waals surface area contributed by atoms with Crippen molar-refractivity contribution >= 4 is 28.8 Å². The number of benzene rings is 1. The molecule has 0 fully saturated rings. The summed E-state index contributed by atoms with van der Waals surface area (Å²) in [7, 11) is 0. The molecule has 5 nitrogen and oxygen atoms in total. The van der Waals surface area contributed by atoms with Crippen molar-refractivity contribution in [2.24, 2.45) is 5.73 Å². The van der Waals surface area contributed by atoms with Crippen LogP contribution in [-0.4, -0.2) is 47.1 Å². The minimum absolute atomic E-state index is 0.0495. The number of hydrogen-bond donors (Lipinski definition) is 3. The van der Waals surface area contributed by atoms with Gasteiger partial charge in [0.15, 0.2) is 0 Å². The Morgan fingerprint density at radius 2 is 2.19 bits per heavy atom. The van der Waals surface area contributed by atoms with E-state index in [4.69, 9.17) is 23.1 Å². The van der Waals surface area contributed by atoms with Crippen LogP contribution >= 0.6 is 12.2 Å². The van der Waals surface area contributed by atoms with Crippen molar-refractivity contribution in [1.82, 2.24) is 4.90 Å². The van der Waals surface area contributed by atoms with Crippen molar-refractivity contribution < 1.29 is 9.90 Å². The Morgan fingerprint density at radius 1 is 1.43 bits per heavy atom. The van der Waals surface area contributed by atoms with Crippen molar-refractivity contribution in [3.8, 4) is 0 Å². The van der Waals surface area contributed by atoms with Gasteiger partial charge in [-0.3, -0.25) is 9.69 Å². The molecule has 1 aromatic carbocycles. The first-order valence-electron chi connectivity index (χ1n) is 7.09. The third-order valence-corrected chi connectivity index (χ3v) is 3.28. The summed E-state index contributed by atoms with van der Waals surface area (Å²) in [4.78, 5) is 14.3. The van der Waals surface area contributed by atoms with E-state index in [0.717, 1.165) is 24.9 Å². The van der Waals surface area contributed by atoms with E-state index in [1.54, 1.807) is 24.3 Å². The van der Waals surface area contributed by atoms with Crippen molar-refractivity contribution in [2.45, 2.75) is 19.8 Å². The van der Waals surface area contributed by atoms with E-state index in [1.807, 2.05) is 4.90 Å². The highest BCUT2D eigenvalue weighted by molar-refractivity contribution is 7.80. The van der Waals surface area contributed by atoms with Gasteiger partial charge in [0, 0.05) is 17.8 Å². The second-order valence-corrected chi connectivity index (χ2v) is 5.29. The fraction of sp³-hybridized carbons (Fsp3) is 0.467. The zero-order valence-electron chi connectivity index (χ0n) is 12.3. The van der Waals surface area contributed by atoms with Gasteiger partial charge in [-0.1, -0.05) is 37.7 Å². The van der Waals surface area contributed by atoms with E-state index in [1.165, 1.54) is 0 Å². The quantitative estimate of drug-likeness (QED) is 0.600. The number of amides is 1. The van der Waals surface area contributed by atoms with Gasteiger partial charge in [-0.15, -0.1) is 0 Å². The van der Waals surface area contributed by atoms with E-state index in [0.29, 0.717) is 17.2 Å². The van der Waals surface area contributed by atoms with Crippen molar-refractivity contribution in [2.75, 3.05) is 31.6 Å². The van der Waals surface area contributed by atoms with Gasteiger partial charge < -0.3 is 16.2 Å². The lowest BCUT2D eigenvalue weighted by atomic mass is 10.2. The number of rotatable bonds is 9. The Hall–Kier alpha value is -1.50. The molecule has 116 valence electrons. The number of carbonyl (C=O) groups is 1. The molecule has 0 saturated heterocycles. The highest BCUT2D eigenvalue weighted by Crippen LogP contribution is 2.10. The molecule has 1 amide bonds. The lowest BCUT2D eigenvalue weighted by molar-refractivity contribution is -0.117. The van der Waals surface area contributed by atoms with Gasteiger partial charge in [0.1, 0.15) is 4.99 Å². The Labute approximate surface area is 131 Å². The molecule has 4 N–H and O–H groups in total. The topological polar surface area (TPSA) is 78.6 Å². The SMILES string of the molecule is CCCCN(CCO)CC(=O)Nc1cccc(C(N)=S)c1. The number of unbranched alkanes of at least 4 members (excludes halogenated alkanes) is 1. The van der Waals surface area contributed by atoms with E-state index in [-0.39, 0.29) is 19.1 Å². The summed E-state index contributed by atoms with van der Waals surface area (Å²) in [6, 6.07) is 7.15. The van der Waals surface area contributed by atoms with E-state index >= 15 is 0 Å². The highest BCUT2D eigenvalue weighted by atomic mass is 32.1. The van der Waals surface area contributed by atoms with Gasteiger partial charge in [0.25, 0.3) is 0 Å². The molecule has 0 atom stereocenters. The molecule has 1 aromatic rings. The zero-order valence-corrected chi connectivity index (χ0v) is 13.2. The third-order valence-electron chi connectivity index (χ3n) is 3.04. The van der Waals surface area contributed by atoms with E-state index < -0.39 is 0 Å². The molecule has 0 heterocycles. The van der Waals surface area contributed by atoms with Crippen LogP contribution in [0.2, 0.25) is 0 Å². The van der Waals surface area contributed by atoms with Gasteiger partial charge in [0.05, 0.1) is 13.2 Å². The molecule has 0 aliphatic rings. The molecule has 0 aliphatic carbocycles. The van der Waals surface area contributed by atoms with Gasteiger partial charge in [-0.25, -0.2) is 0 Å². The molecule has 0 unspecified atom stereocenters. The molecule has 0 saturated carbocycles. The number of thiocarbonyl (C=S) groups is 1. The van der Waals surface area contributed by atoms with Crippen molar-refractivity contribution in [1.29, 1.82) is 0 Å². The van der Waals surface area contributed by atoms with Gasteiger partial charge in [0.2, 0.25) is 5.91 Å². The van der Waals surface area contributed by atoms with Crippen LogP contribution < -0.4 is 11.1 Å². The highest BCUT2D eigenvalue weighted by Gasteiger charge is 2.10. The van der Waals surface area contributed by atoms with Crippen molar-refractivity contribution in [3.63, 3.8) is 0 Å². The number of nitrogens with zero attached hydrogens (tertiary/aromatic N) is 1. The van der Waals surface area contributed by atoms with Crippen LogP contribution in [0.4, 0.5) is 5.69 Å². The molecular weight excluding hydrogens is 286 g/mol. The molecule has 0 bridgehead atoms. The Morgan fingerprint density at radius 3 is 2.81 bits per heavy atom. The van der Waals surface area contributed by atoms with Crippen LogP contribution in [0.3, 0.4) is 0 Å². The molecule has 0 aliphatic heterocycles. The normalized spacial score (nSPS) is 10.6. The average Bonchev–Trinajstić information content (AvgIpc) is 2.45. The van der Waals surface area contributed by atoms with Crippen molar-refractivity contribution in [3.05, 3.63) is 29.8 Å². The predicted octanol–water partition coefficient (Wildman–Crippen LogP) is 1.35. The van der Waals surface area contributed by atoms with Gasteiger partial charge in [-0.05, 0) is 25.1 Å². The maximum Gasteiger partial charge on any atom is 0.238 e. The Kier molecular flexibility index (Phi) is 7.89. The molecule has 0 radical (unpaired) electrons. The van der Waals surface area contributed by atoms with Crippen LogP contribution in [-0.2, 0) is 4.79 Å². The average molecular weight is 309 g/mol. The molecule has 1 rings (SSSR count). The predicted molar refractivity (Wildman–Crippen MR) is 89.4 cm³/mol. The number of hydrogen-bond acceptors (Lipinski definition) is 4. The fourth-order valence-corrected chi connectivity index (χ4v) is 2.07. The fourth-order valence-electron chi connectivity index (χ4n) is 1.95. The largest absolute Gasteiger partial charge is 0.395 e. The standard InChI is InChI=1S/C15H23N3O2S/c1-2-3-7-18(8-9-19)11-14(20)17-13-6-4-5-12(10-13)15(16)21/h4-6,10,19H,2-3,7-9,11H2,1H3,(H2,16,21)(H,17,20). The van der Waals surface area contributed by atoms with Crippen LogP contribution in [0.1, 0.15) is 25.3 Å². The molecular formula is C15H23N3O2S. The number of nitrogens with two attached hydrogens (primary N) is 1. The first-order chi connectivity index (χ1) is 10.1. The summed E-state index contributed by atoms with van der Waals surface area (Å²) in [5.41, 5.74) is 6.97. The number of carbonyl (C=O) groups excluding carboxylic acids is 1. The van der Waals surface area contributed by atoms with E-state index in [2.05, 4.69) is 12.2 Å². The second-order valence-electron chi connectivity index (χ2n) is 4.85. The van der Waals surface area contributed by atoms with Crippen LogP contribution in [0.5, 0.6) is 0 Å². The molecule has 6 heteroatoms. The summed E-state index contributed by atoms with van der Waals surface area (Å²) in [5.74, 6) is -0.111. The summed E-state index contributed by atoms with van der Waals surface area (Å²) in [6.45, 7) is 3.71. The first kappa shape index (κ1) is 17.6. The summed E-state index contributed by atoms with van der Waals surface area (Å²) < 4.78 is 0. The maximum atomic E-state index is 12.0. The zero-order chi connectivity index (χ0) is 15.7. The number of nitrogens with one attached hydrogen (secondary N) is 1. The van der Waals surface area contributed by atoms with Crippen LogP contribution in [0, 0.1) is 0 Å². The monoisotopic (exact) mass is 309 g/mol. The summed E-state index contributed by atoms with van der Waals surface area (Å²) in [5, 5.41) is 11.9.